The van der Waals surface area contributed by atoms with Gasteiger partial charge in [0.15, 0.2) is 0 Å². The third-order valence-corrected chi connectivity index (χ3v) is 5.59. The fraction of sp³-hybridized carbons (Fsp3) is 0.611. The zero-order valence-electron chi connectivity index (χ0n) is 15.6. The maximum atomic E-state index is 12.9. The predicted octanol–water partition coefficient (Wildman–Crippen LogP) is 3.25. The minimum atomic E-state index is -3.43. The first-order valence-corrected chi connectivity index (χ1v) is 10.3. The number of nitrogens with one attached hydrogen (secondary N) is 1. The Kier molecular flexibility index (Phi) is 5.66. The van der Waals surface area contributed by atoms with Crippen molar-refractivity contribution in [3.8, 4) is 5.75 Å². The third-order valence-electron chi connectivity index (χ3n) is 3.94. The number of anilines is 2. The van der Waals surface area contributed by atoms with Gasteiger partial charge in [-0.15, -0.1) is 0 Å². The summed E-state index contributed by atoms with van der Waals surface area (Å²) in [6.07, 6.45) is 0.796. The van der Waals surface area contributed by atoms with Gasteiger partial charge in [-0.05, 0) is 44.4 Å². The van der Waals surface area contributed by atoms with Crippen molar-refractivity contribution >= 4 is 27.3 Å². The molecule has 0 saturated carbocycles. The fourth-order valence-electron chi connectivity index (χ4n) is 2.81. The number of nitrogens with zero attached hydrogens (tertiary/aromatic N) is 1. The number of hydrogen-bond donors (Lipinski definition) is 1. The van der Waals surface area contributed by atoms with E-state index in [4.69, 9.17) is 4.74 Å². The third kappa shape index (κ3) is 4.66. The van der Waals surface area contributed by atoms with Gasteiger partial charge in [0.25, 0.3) is 0 Å². The number of ether oxygens (including phenoxy) is 1. The van der Waals surface area contributed by atoms with Gasteiger partial charge in [0.2, 0.25) is 15.9 Å². The quantitative estimate of drug-likeness (QED) is 0.836. The van der Waals surface area contributed by atoms with E-state index in [0.717, 1.165) is 6.42 Å². The molecule has 1 heterocycles. The van der Waals surface area contributed by atoms with Gasteiger partial charge in [-0.2, -0.15) is 0 Å². The Morgan fingerprint density at radius 1 is 1.32 bits per heavy atom. The lowest BCUT2D eigenvalue weighted by atomic mass is 9.93. The Labute approximate surface area is 150 Å². The minimum absolute atomic E-state index is 0.0183. The van der Waals surface area contributed by atoms with Crippen LogP contribution in [0.1, 0.15) is 41.0 Å². The van der Waals surface area contributed by atoms with Crippen molar-refractivity contribution in [2.45, 2.75) is 41.0 Å². The summed E-state index contributed by atoms with van der Waals surface area (Å²) < 4.78 is 32.8. The van der Waals surface area contributed by atoms with Crippen LogP contribution < -0.4 is 14.4 Å². The largest absolute Gasteiger partial charge is 0.490 e. The van der Waals surface area contributed by atoms with E-state index in [-0.39, 0.29) is 24.2 Å². The van der Waals surface area contributed by atoms with Crippen LogP contribution >= 0.6 is 0 Å². The van der Waals surface area contributed by atoms with E-state index in [1.807, 2.05) is 34.6 Å². The highest BCUT2D eigenvalue weighted by molar-refractivity contribution is 7.92. The molecule has 7 heteroatoms. The standard InChI is InChI=1S/C18H28N2O4S/c1-6-9-20-15-10-14(19-25(22,23)11-13(2)3)7-8-16(15)24-12-18(4,5)17(20)21/h7-8,10,13,19H,6,9,11-12H2,1-5H3. The van der Waals surface area contributed by atoms with Gasteiger partial charge in [0, 0.05) is 6.54 Å². The normalized spacial score (nSPS) is 17.0. The molecule has 0 fully saturated rings. The molecular weight excluding hydrogens is 340 g/mol. The van der Waals surface area contributed by atoms with Crippen LogP contribution in [0.4, 0.5) is 11.4 Å². The molecule has 0 bridgehead atoms. The van der Waals surface area contributed by atoms with Crippen molar-refractivity contribution in [2.24, 2.45) is 11.3 Å². The number of carbonyl (C=O) groups excluding carboxylic acids is 1. The average molecular weight is 368 g/mol. The molecule has 1 aromatic rings. The Bertz CT molecular complexity index is 741. The molecule has 1 aromatic carbocycles. The zero-order valence-corrected chi connectivity index (χ0v) is 16.4. The van der Waals surface area contributed by atoms with E-state index in [9.17, 15) is 13.2 Å². The smallest absolute Gasteiger partial charge is 0.236 e. The second-order valence-corrected chi connectivity index (χ2v) is 9.36. The van der Waals surface area contributed by atoms with Crippen LogP contribution in [0.15, 0.2) is 18.2 Å². The summed E-state index contributed by atoms with van der Waals surface area (Å²) in [4.78, 5) is 14.6. The number of benzene rings is 1. The fourth-order valence-corrected chi connectivity index (χ4v) is 4.26. The molecule has 0 aliphatic carbocycles. The van der Waals surface area contributed by atoms with Gasteiger partial charge in [-0.25, -0.2) is 8.42 Å². The average Bonchev–Trinajstić information content (AvgIpc) is 2.56. The Hall–Kier alpha value is -1.76. The summed E-state index contributed by atoms with van der Waals surface area (Å²) in [6, 6.07) is 5.08. The lowest BCUT2D eigenvalue weighted by Crippen LogP contribution is -2.42. The van der Waals surface area contributed by atoms with Crippen LogP contribution in [0.3, 0.4) is 0 Å². The Balaban J connectivity index is 2.40. The van der Waals surface area contributed by atoms with Crippen LogP contribution in [0, 0.1) is 11.3 Å². The maximum Gasteiger partial charge on any atom is 0.236 e. The number of rotatable bonds is 6. The molecule has 0 saturated heterocycles. The second-order valence-electron chi connectivity index (χ2n) is 7.59. The molecule has 0 aromatic heterocycles. The van der Waals surface area contributed by atoms with Crippen molar-refractivity contribution in [1.29, 1.82) is 0 Å². The highest BCUT2D eigenvalue weighted by Gasteiger charge is 2.37. The van der Waals surface area contributed by atoms with Crippen molar-refractivity contribution in [1.82, 2.24) is 0 Å². The summed E-state index contributed by atoms with van der Waals surface area (Å²) in [5.41, 5.74) is 0.421. The number of fused-ring (bicyclic) bond motifs is 1. The zero-order chi connectivity index (χ0) is 18.8. The van der Waals surface area contributed by atoms with Gasteiger partial charge >= 0.3 is 0 Å². The Morgan fingerprint density at radius 3 is 2.60 bits per heavy atom. The summed E-state index contributed by atoms with van der Waals surface area (Å²) in [6.45, 7) is 10.3. The topological polar surface area (TPSA) is 75.7 Å². The molecule has 0 radical (unpaired) electrons. The molecule has 2 rings (SSSR count). The van der Waals surface area contributed by atoms with E-state index in [0.29, 0.717) is 23.7 Å². The van der Waals surface area contributed by atoms with Gasteiger partial charge in [-0.3, -0.25) is 9.52 Å². The van der Waals surface area contributed by atoms with Crippen LogP contribution in [0.2, 0.25) is 0 Å². The van der Waals surface area contributed by atoms with Crippen molar-refractivity contribution in [3.63, 3.8) is 0 Å². The van der Waals surface area contributed by atoms with E-state index < -0.39 is 15.4 Å². The van der Waals surface area contributed by atoms with Gasteiger partial charge in [0.1, 0.15) is 12.4 Å². The lowest BCUT2D eigenvalue weighted by Gasteiger charge is -2.28. The summed E-state index contributed by atoms with van der Waals surface area (Å²) >= 11 is 0. The van der Waals surface area contributed by atoms with Gasteiger partial charge in [0.05, 0.1) is 22.5 Å². The molecule has 25 heavy (non-hydrogen) atoms. The molecule has 0 unspecified atom stereocenters. The highest BCUT2D eigenvalue weighted by atomic mass is 32.2. The molecule has 0 atom stereocenters. The number of carbonyl (C=O) groups is 1. The highest BCUT2D eigenvalue weighted by Crippen LogP contribution is 2.38. The van der Waals surface area contributed by atoms with Crippen LogP contribution in [-0.4, -0.2) is 33.2 Å². The SMILES string of the molecule is CCCN1C(=O)C(C)(C)COc2ccc(NS(=O)(=O)CC(C)C)cc21. The molecule has 1 amide bonds. The summed E-state index contributed by atoms with van der Waals surface area (Å²) in [5.74, 6) is 0.653. The van der Waals surface area contributed by atoms with Crippen molar-refractivity contribution < 1.29 is 17.9 Å². The van der Waals surface area contributed by atoms with E-state index in [2.05, 4.69) is 4.72 Å². The molecule has 1 aliphatic heterocycles. The van der Waals surface area contributed by atoms with Crippen LogP contribution in [-0.2, 0) is 14.8 Å². The molecule has 6 nitrogen and oxygen atoms in total. The number of amides is 1. The number of sulfonamides is 1. The van der Waals surface area contributed by atoms with Crippen LogP contribution in [0.25, 0.3) is 0 Å². The van der Waals surface area contributed by atoms with Gasteiger partial charge < -0.3 is 9.64 Å². The first-order valence-electron chi connectivity index (χ1n) is 8.65. The second kappa shape index (κ2) is 7.23. The van der Waals surface area contributed by atoms with Gasteiger partial charge in [-0.1, -0.05) is 20.8 Å². The number of hydrogen-bond acceptors (Lipinski definition) is 4. The predicted molar refractivity (Wildman–Crippen MR) is 101 cm³/mol. The van der Waals surface area contributed by atoms with E-state index in [1.165, 1.54) is 0 Å². The molecule has 140 valence electrons. The van der Waals surface area contributed by atoms with Crippen molar-refractivity contribution in [2.75, 3.05) is 28.5 Å². The van der Waals surface area contributed by atoms with E-state index in [1.54, 1.807) is 23.1 Å². The molecule has 1 aliphatic rings. The molecular formula is C18H28N2O4S. The van der Waals surface area contributed by atoms with E-state index >= 15 is 0 Å². The first-order chi connectivity index (χ1) is 11.6. The summed E-state index contributed by atoms with van der Waals surface area (Å²) in [5, 5.41) is 0. The monoisotopic (exact) mass is 368 g/mol. The molecule has 1 N–H and O–H groups in total. The lowest BCUT2D eigenvalue weighted by molar-refractivity contribution is -0.127. The Morgan fingerprint density at radius 2 is 2.00 bits per heavy atom. The maximum absolute atomic E-state index is 12.9. The minimum Gasteiger partial charge on any atom is -0.490 e. The van der Waals surface area contributed by atoms with Crippen LogP contribution in [0.5, 0.6) is 5.75 Å². The summed E-state index contributed by atoms with van der Waals surface area (Å²) in [7, 11) is -3.43. The molecule has 0 spiro atoms. The van der Waals surface area contributed by atoms with Crippen molar-refractivity contribution in [3.05, 3.63) is 18.2 Å². The first kappa shape index (κ1) is 19.6.